The van der Waals surface area contributed by atoms with Gasteiger partial charge < -0.3 is 4.90 Å². The lowest BCUT2D eigenvalue weighted by atomic mass is 9.87. The van der Waals surface area contributed by atoms with Crippen molar-refractivity contribution in [3.8, 4) is 6.07 Å². The largest absolute Gasteiger partial charge is 0.351 e. The molecule has 0 unspecified atom stereocenters. The molecule has 4 heteroatoms. The van der Waals surface area contributed by atoms with Gasteiger partial charge in [0, 0.05) is 13.6 Å². The van der Waals surface area contributed by atoms with Crippen LogP contribution < -0.4 is 4.90 Å². The van der Waals surface area contributed by atoms with E-state index in [0.717, 1.165) is 17.6 Å². The fourth-order valence-electron chi connectivity index (χ4n) is 2.44. The van der Waals surface area contributed by atoms with E-state index in [1.807, 2.05) is 0 Å². The molecule has 1 fully saturated rings. The number of rotatable bonds is 4. The van der Waals surface area contributed by atoms with Crippen LogP contribution in [0.3, 0.4) is 0 Å². The molecule has 1 aliphatic rings. The van der Waals surface area contributed by atoms with Crippen molar-refractivity contribution < 1.29 is 0 Å². The Bertz CT molecular complexity index is 388. The quantitative estimate of drug-likeness (QED) is 0.821. The highest BCUT2D eigenvalue weighted by atomic mass is 32.1. The predicted molar refractivity (Wildman–Crippen MR) is 71.3 cm³/mol. The molecule has 0 aromatic carbocycles. The molecule has 1 aliphatic carbocycles. The van der Waals surface area contributed by atoms with Crippen molar-refractivity contribution in [1.82, 2.24) is 4.98 Å². The average molecular weight is 249 g/mol. The summed E-state index contributed by atoms with van der Waals surface area (Å²) in [6.07, 6.45) is 9.96. The normalized spacial score (nSPS) is 16.7. The molecule has 0 saturated heterocycles. The topological polar surface area (TPSA) is 39.9 Å². The van der Waals surface area contributed by atoms with Gasteiger partial charge in [-0.1, -0.05) is 43.4 Å². The van der Waals surface area contributed by atoms with Crippen LogP contribution in [0.1, 0.15) is 43.4 Å². The van der Waals surface area contributed by atoms with E-state index in [9.17, 15) is 0 Å². The molecule has 0 N–H and O–H groups in total. The molecule has 1 heterocycles. The van der Waals surface area contributed by atoms with Crippen LogP contribution in [-0.2, 0) is 0 Å². The number of hydrogen-bond acceptors (Lipinski definition) is 4. The van der Waals surface area contributed by atoms with Crippen LogP contribution in [0.25, 0.3) is 0 Å². The number of nitriles is 1. The van der Waals surface area contributed by atoms with Crippen LogP contribution in [0, 0.1) is 17.2 Å². The van der Waals surface area contributed by atoms with E-state index in [-0.39, 0.29) is 0 Å². The zero-order valence-electron chi connectivity index (χ0n) is 10.4. The van der Waals surface area contributed by atoms with Crippen LogP contribution in [-0.4, -0.2) is 18.6 Å². The summed E-state index contributed by atoms with van der Waals surface area (Å²) in [6.45, 7) is 1.06. The second-order valence-corrected chi connectivity index (χ2v) is 5.84. The molecule has 1 saturated carbocycles. The van der Waals surface area contributed by atoms with Gasteiger partial charge >= 0.3 is 0 Å². The molecule has 0 amide bonds. The molecule has 0 radical (unpaired) electrons. The van der Waals surface area contributed by atoms with E-state index < -0.39 is 0 Å². The monoisotopic (exact) mass is 249 g/mol. The Morgan fingerprint density at radius 2 is 2.24 bits per heavy atom. The van der Waals surface area contributed by atoms with Crippen molar-refractivity contribution in [1.29, 1.82) is 5.26 Å². The van der Waals surface area contributed by atoms with Gasteiger partial charge in [0.2, 0.25) is 0 Å². The Morgan fingerprint density at radius 3 is 2.88 bits per heavy atom. The first-order valence-electron chi connectivity index (χ1n) is 6.36. The minimum absolute atomic E-state index is 0.699. The minimum atomic E-state index is 0.699. The van der Waals surface area contributed by atoms with E-state index in [2.05, 4.69) is 23.0 Å². The van der Waals surface area contributed by atoms with Crippen molar-refractivity contribution in [2.75, 3.05) is 18.5 Å². The maximum Gasteiger partial charge on any atom is 0.186 e. The Morgan fingerprint density at radius 1 is 1.47 bits per heavy atom. The second-order valence-electron chi connectivity index (χ2n) is 4.83. The zero-order chi connectivity index (χ0) is 12.1. The van der Waals surface area contributed by atoms with Gasteiger partial charge in [0.05, 0.1) is 6.20 Å². The van der Waals surface area contributed by atoms with Crippen molar-refractivity contribution >= 4 is 16.5 Å². The lowest BCUT2D eigenvalue weighted by molar-refractivity contribution is 0.341. The van der Waals surface area contributed by atoms with Gasteiger partial charge in [-0.05, 0) is 12.3 Å². The highest BCUT2D eigenvalue weighted by molar-refractivity contribution is 7.16. The van der Waals surface area contributed by atoms with Gasteiger partial charge in [-0.15, -0.1) is 0 Å². The Hall–Kier alpha value is -1.08. The number of hydrogen-bond donors (Lipinski definition) is 0. The van der Waals surface area contributed by atoms with E-state index in [1.165, 1.54) is 49.9 Å². The summed E-state index contributed by atoms with van der Waals surface area (Å²) in [5.74, 6) is 0.904. The van der Waals surface area contributed by atoms with Gasteiger partial charge in [-0.3, -0.25) is 0 Å². The Balaban J connectivity index is 1.80. The number of thiazole rings is 1. The fourth-order valence-corrected chi connectivity index (χ4v) is 3.14. The van der Waals surface area contributed by atoms with Crippen molar-refractivity contribution in [2.24, 2.45) is 5.92 Å². The minimum Gasteiger partial charge on any atom is -0.351 e. The third kappa shape index (κ3) is 3.44. The first-order valence-corrected chi connectivity index (χ1v) is 7.18. The summed E-state index contributed by atoms with van der Waals surface area (Å²) in [6, 6.07) is 2.14. The van der Waals surface area contributed by atoms with E-state index in [4.69, 9.17) is 5.26 Å². The van der Waals surface area contributed by atoms with Gasteiger partial charge in [-0.2, -0.15) is 5.26 Å². The van der Waals surface area contributed by atoms with Crippen molar-refractivity contribution in [3.63, 3.8) is 0 Å². The third-order valence-electron chi connectivity index (χ3n) is 3.53. The van der Waals surface area contributed by atoms with Gasteiger partial charge in [0.1, 0.15) is 10.9 Å². The highest BCUT2D eigenvalue weighted by Crippen LogP contribution is 2.27. The zero-order valence-corrected chi connectivity index (χ0v) is 11.2. The smallest absolute Gasteiger partial charge is 0.186 e. The standard InChI is InChI=1S/C13H19N3S/c1-16(13-15-10-12(9-14)17-13)8-7-11-5-3-2-4-6-11/h10-11H,2-8H2,1H3. The molecule has 1 aromatic rings. The maximum atomic E-state index is 8.77. The van der Waals surface area contributed by atoms with E-state index >= 15 is 0 Å². The fraction of sp³-hybridized carbons (Fsp3) is 0.692. The van der Waals surface area contributed by atoms with Crippen LogP contribution >= 0.6 is 11.3 Å². The summed E-state index contributed by atoms with van der Waals surface area (Å²) in [4.78, 5) is 7.15. The summed E-state index contributed by atoms with van der Waals surface area (Å²) in [7, 11) is 2.07. The third-order valence-corrected chi connectivity index (χ3v) is 4.54. The molecule has 17 heavy (non-hydrogen) atoms. The molecular weight excluding hydrogens is 230 g/mol. The van der Waals surface area contributed by atoms with Crippen LogP contribution in [0.2, 0.25) is 0 Å². The lowest BCUT2D eigenvalue weighted by Crippen LogP contribution is -2.21. The Labute approximate surface area is 107 Å². The van der Waals surface area contributed by atoms with Crippen molar-refractivity contribution in [2.45, 2.75) is 38.5 Å². The van der Waals surface area contributed by atoms with Crippen LogP contribution in [0.4, 0.5) is 5.13 Å². The first kappa shape index (κ1) is 12.4. The SMILES string of the molecule is CN(CCC1CCCCC1)c1ncc(C#N)s1. The van der Waals surface area contributed by atoms with Gasteiger partial charge in [0.25, 0.3) is 0 Å². The highest BCUT2D eigenvalue weighted by Gasteiger charge is 2.15. The molecule has 0 atom stereocenters. The molecule has 1 aromatic heterocycles. The molecule has 0 spiro atoms. The summed E-state index contributed by atoms with van der Waals surface area (Å²) in [5.41, 5.74) is 0. The van der Waals surface area contributed by atoms with Crippen LogP contribution in [0.5, 0.6) is 0 Å². The maximum absolute atomic E-state index is 8.77. The molecule has 0 bridgehead atoms. The van der Waals surface area contributed by atoms with Crippen LogP contribution in [0.15, 0.2) is 6.20 Å². The van der Waals surface area contributed by atoms with Crippen molar-refractivity contribution in [3.05, 3.63) is 11.1 Å². The molecule has 0 aliphatic heterocycles. The number of aromatic nitrogens is 1. The van der Waals surface area contributed by atoms with E-state index in [1.54, 1.807) is 6.20 Å². The molecule has 2 rings (SSSR count). The molecule has 92 valence electrons. The molecular formula is C13H19N3S. The first-order chi connectivity index (χ1) is 8.29. The summed E-state index contributed by atoms with van der Waals surface area (Å²) in [5, 5.41) is 9.74. The Kier molecular flexibility index (Phi) is 4.38. The number of anilines is 1. The lowest BCUT2D eigenvalue weighted by Gasteiger charge is -2.24. The summed E-state index contributed by atoms with van der Waals surface area (Å²) >= 11 is 1.48. The predicted octanol–water partition coefficient (Wildman–Crippen LogP) is 3.42. The number of nitrogens with zero attached hydrogens (tertiary/aromatic N) is 3. The van der Waals surface area contributed by atoms with Gasteiger partial charge in [-0.25, -0.2) is 4.98 Å². The van der Waals surface area contributed by atoms with E-state index in [0.29, 0.717) is 4.88 Å². The summed E-state index contributed by atoms with van der Waals surface area (Å²) < 4.78 is 0. The second kappa shape index (κ2) is 6.02. The molecule has 3 nitrogen and oxygen atoms in total. The average Bonchev–Trinajstić information content (AvgIpc) is 2.86. The van der Waals surface area contributed by atoms with Gasteiger partial charge in [0.15, 0.2) is 5.13 Å².